The van der Waals surface area contributed by atoms with Crippen molar-refractivity contribution in [1.82, 2.24) is 10.9 Å². The molecule has 1 fully saturated rings. The number of nitrogens with one attached hydrogen (secondary N) is 2. The first kappa shape index (κ1) is 14.6. The fourth-order valence-corrected chi connectivity index (χ4v) is 2.67. The Bertz CT molecular complexity index is 439. The number of hydrogen-bond donors (Lipinski definition) is 2. The molecule has 1 aromatic carbocycles. The minimum Gasteiger partial charge on any atom is -0.273 e. The fraction of sp³-hybridized carbons (Fsp3) is 0.500. The third-order valence-corrected chi connectivity index (χ3v) is 3.75. The summed E-state index contributed by atoms with van der Waals surface area (Å²) < 4.78 is 0. The molecule has 0 spiro atoms. The highest BCUT2D eigenvalue weighted by Crippen LogP contribution is 2.25. The summed E-state index contributed by atoms with van der Waals surface area (Å²) in [6.07, 6.45) is 6.79. The van der Waals surface area contributed by atoms with E-state index in [1.54, 1.807) is 0 Å². The standard InChI is InChI=1S/C16H22N2O2/c19-15(11-13-7-3-1-4-8-13)17-18-16(20)12-14-9-5-2-6-10-14/h1,3-4,7-8,14H,2,5-6,9-12H2,(H,17,19)(H,18,20). The smallest absolute Gasteiger partial charge is 0.242 e. The van der Waals surface area contributed by atoms with Gasteiger partial charge in [0.25, 0.3) is 0 Å². The molecule has 2 rings (SSSR count). The number of carbonyl (C=O) groups is 2. The molecule has 0 unspecified atom stereocenters. The quantitative estimate of drug-likeness (QED) is 0.828. The Morgan fingerprint density at radius 2 is 1.60 bits per heavy atom. The summed E-state index contributed by atoms with van der Waals surface area (Å²) in [5.41, 5.74) is 5.93. The van der Waals surface area contributed by atoms with Crippen molar-refractivity contribution in [1.29, 1.82) is 0 Å². The highest BCUT2D eigenvalue weighted by molar-refractivity contribution is 5.83. The first-order valence-corrected chi connectivity index (χ1v) is 7.35. The van der Waals surface area contributed by atoms with Crippen LogP contribution in [0.3, 0.4) is 0 Å². The molecule has 0 radical (unpaired) electrons. The van der Waals surface area contributed by atoms with Crippen LogP contribution in [-0.4, -0.2) is 11.8 Å². The number of rotatable bonds is 4. The van der Waals surface area contributed by atoms with Gasteiger partial charge in [0.15, 0.2) is 0 Å². The van der Waals surface area contributed by atoms with E-state index in [1.807, 2.05) is 30.3 Å². The molecule has 2 N–H and O–H groups in total. The number of amides is 2. The Morgan fingerprint density at radius 1 is 0.950 bits per heavy atom. The van der Waals surface area contributed by atoms with Gasteiger partial charge in [0, 0.05) is 6.42 Å². The molecule has 4 heteroatoms. The molecule has 108 valence electrons. The zero-order valence-corrected chi connectivity index (χ0v) is 11.7. The molecule has 1 aliphatic carbocycles. The maximum Gasteiger partial charge on any atom is 0.242 e. The Balaban J connectivity index is 1.66. The van der Waals surface area contributed by atoms with Gasteiger partial charge < -0.3 is 0 Å². The predicted octanol–water partition coefficient (Wildman–Crippen LogP) is 2.35. The van der Waals surface area contributed by atoms with Gasteiger partial charge in [-0.15, -0.1) is 0 Å². The normalized spacial score (nSPS) is 15.6. The monoisotopic (exact) mass is 274 g/mol. The van der Waals surface area contributed by atoms with Crippen molar-refractivity contribution in [2.75, 3.05) is 0 Å². The van der Waals surface area contributed by atoms with Gasteiger partial charge in [0.05, 0.1) is 6.42 Å². The third-order valence-electron chi connectivity index (χ3n) is 3.75. The largest absolute Gasteiger partial charge is 0.273 e. The average Bonchev–Trinajstić information content (AvgIpc) is 2.47. The molecule has 0 aliphatic heterocycles. The van der Waals surface area contributed by atoms with E-state index in [0.29, 0.717) is 12.3 Å². The molecule has 1 saturated carbocycles. The molecule has 0 aromatic heterocycles. The lowest BCUT2D eigenvalue weighted by atomic mass is 9.87. The second-order valence-corrected chi connectivity index (χ2v) is 5.47. The molecule has 0 saturated heterocycles. The van der Waals surface area contributed by atoms with Gasteiger partial charge in [0.1, 0.15) is 0 Å². The van der Waals surface area contributed by atoms with Gasteiger partial charge in [-0.1, -0.05) is 49.6 Å². The van der Waals surface area contributed by atoms with Crippen molar-refractivity contribution >= 4 is 11.8 Å². The Kier molecular flexibility index (Phi) is 5.59. The van der Waals surface area contributed by atoms with Crippen molar-refractivity contribution < 1.29 is 9.59 Å². The lowest BCUT2D eigenvalue weighted by molar-refractivity contribution is -0.129. The minimum absolute atomic E-state index is 0.0849. The second kappa shape index (κ2) is 7.68. The summed E-state index contributed by atoms with van der Waals surface area (Å²) >= 11 is 0. The van der Waals surface area contributed by atoms with Crippen LogP contribution in [0.4, 0.5) is 0 Å². The molecule has 0 atom stereocenters. The van der Waals surface area contributed by atoms with Crippen LogP contribution < -0.4 is 10.9 Å². The lowest BCUT2D eigenvalue weighted by Crippen LogP contribution is -2.43. The van der Waals surface area contributed by atoms with E-state index < -0.39 is 0 Å². The van der Waals surface area contributed by atoms with Crippen molar-refractivity contribution in [2.45, 2.75) is 44.9 Å². The Morgan fingerprint density at radius 3 is 2.30 bits per heavy atom. The van der Waals surface area contributed by atoms with Crippen LogP contribution in [0, 0.1) is 5.92 Å². The molecule has 1 aliphatic rings. The van der Waals surface area contributed by atoms with E-state index >= 15 is 0 Å². The van der Waals surface area contributed by atoms with E-state index in [2.05, 4.69) is 10.9 Å². The van der Waals surface area contributed by atoms with Gasteiger partial charge in [-0.2, -0.15) is 0 Å². The Hall–Kier alpha value is -1.84. The lowest BCUT2D eigenvalue weighted by Gasteiger charge is -2.20. The molecule has 0 heterocycles. The second-order valence-electron chi connectivity index (χ2n) is 5.47. The van der Waals surface area contributed by atoms with E-state index in [4.69, 9.17) is 0 Å². The van der Waals surface area contributed by atoms with Gasteiger partial charge >= 0.3 is 0 Å². The van der Waals surface area contributed by atoms with Gasteiger partial charge in [-0.25, -0.2) is 0 Å². The van der Waals surface area contributed by atoms with E-state index in [-0.39, 0.29) is 18.2 Å². The molecule has 0 bridgehead atoms. The minimum atomic E-state index is -0.187. The highest BCUT2D eigenvalue weighted by Gasteiger charge is 2.17. The summed E-state index contributed by atoms with van der Waals surface area (Å²) in [6.45, 7) is 0. The topological polar surface area (TPSA) is 58.2 Å². The number of carbonyl (C=O) groups excluding carboxylic acids is 2. The fourth-order valence-electron chi connectivity index (χ4n) is 2.67. The summed E-state index contributed by atoms with van der Waals surface area (Å²) in [5.74, 6) is 0.210. The van der Waals surface area contributed by atoms with Crippen LogP contribution in [0.2, 0.25) is 0 Å². The summed E-state index contributed by atoms with van der Waals surface area (Å²) in [7, 11) is 0. The van der Waals surface area contributed by atoms with Gasteiger partial charge in [-0.3, -0.25) is 20.4 Å². The first-order valence-electron chi connectivity index (χ1n) is 7.35. The number of hydrogen-bond acceptors (Lipinski definition) is 2. The van der Waals surface area contributed by atoms with Crippen LogP contribution in [0.5, 0.6) is 0 Å². The van der Waals surface area contributed by atoms with Crippen LogP contribution in [-0.2, 0) is 16.0 Å². The summed E-state index contributed by atoms with van der Waals surface area (Å²) in [6, 6.07) is 9.48. The molecule has 1 aromatic rings. The van der Waals surface area contributed by atoms with E-state index in [9.17, 15) is 9.59 Å². The third kappa shape index (κ3) is 5.03. The van der Waals surface area contributed by atoms with Crippen LogP contribution in [0.25, 0.3) is 0 Å². The van der Waals surface area contributed by atoms with Crippen LogP contribution in [0.1, 0.15) is 44.1 Å². The van der Waals surface area contributed by atoms with Crippen molar-refractivity contribution in [3.8, 4) is 0 Å². The first-order chi connectivity index (χ1) is 9.74. The maximum atomic E-state index is 11.7. The van der Waals surface area contributed by atoms with E-state index in [0.717, 1.165) is 18.4 Å². The average molecular weight is 274 g/mol. The molecule has 4 nitrogen and oxygen atoms in total. The maximum absolute atomic E-state index is 11.7. The van der Waals surface area contributed by atoms with Crippen molar-refractivity contribution in [2.24, 2.45) is 5.92 Å². The number of hydrazine groups is 1. The summed E-state index contributed by atoms with van der Waals surface area (Å²) in [5, 5.41) is 0. The molecular formula is C16H22N2O2. The molecular weight excluding hydrogens is 252 g/mol. The summed E-state index contributed by atoms with van der Waals surface area (Å²) in [4.78, 5) is 23.4. The molecule has 20 heavy (non-hydrogen) atoms. The predicted molar refractivity (Wildman–Crippen MR) is 77.6 cm³/mol. The van der Waals surface area contributed by atoms with Crippen LogP contribution in [0.15, 0.2) is 30.3 Å². The zero-order valence-electron chi connectivity index (χ0n) is 11.7. The highest BCUT2D eigenvalue weighted by atomic mass is 16.2. The Labute approximate surface area is 119 Å². The SMILES string of the molecule is O=C(Cc1ccccc1)NNC(=O)CC1CCCCC1. The van der Waals surface area contributed by atoms with Crippen molar-refractivity contribution in [3.63, 3.8) is 0 Å². The molecule has 2 amide bonds. The van der Waals surface area contributed by atoms with Gasteiger partial charge in [-0.05, 0) is 24.3 Å². The van der Waals surface area contributed by atoms with Crippen molar-refractivity contribution in [3.05, 3.63) is 35.9 Å². The number of benzene rings is 1. The van der Waals surface area contributed by atoms with E-state index in [1.165, 1.54) is 19.3 Å². The zero-order chi connectivity index (χ0) is 14.2. The van der Waals surface area contributed by atoms with Crippen LogP contribution >= 0.6 is 0 Å². The van der Waals surface area contributed by atoms with Gasteiger partial charge in [0.2, 0.25) is 11.8 Å².